The molecule has 0 aliphatic carbocycles. The summed E-state index contributed by atoms with van der Waals surface area (Å²) < 4.78 is 5.37. The smallest absolute Gasteiger partial charge is 0.307 e. The van der Waals surface area contributed by atoms with Crippen LogP contribution >= 0.6 is 11.6 Å². The van der Waals surface area contributed by atoms with Gasteiger partial charge in [0, 0.05) is 18.6 Å². The molecule has 1 aromatic rings. The normalized spacial score (nSPS) is 20.8. The highest BCUT2D eigenvalue weighted by Gasteiger charge is 2.41. The van der Waals surface area contributed by atoms with Crippen LogP contribution in [0.25, 0.3) is 0 Å². The Morgan fingerprint density at radius 2 is 2.00 bits per heavy atom. The van der Waals surface area contributed by atoms with E-state index in [1.807, 2.05) is 12.1 Å². The van der Waals surface area contributed by atoms with Gasteiger partial charge in [0.15, 0.2) is 0 Å². The van der Waals surface area contributed by atoms with Crippen LogP contribution < -0.4 is 0 Å². The first-order valence-electron chi connectivity index (χ1n) is 7.73. The van der Waals surface area contributed by atoms with E-state index in [0.29, 0.717) is 11.6 Å². The third-order valence-corrected chi connectivity index (χ3v) is 4.25. The van der Waals surface area contributed by atoms with Crippen LogP contribution in [0.2, 0.25) is 5.02 Å². The van der Waals surface area contributed by atoms with E-state index in [2.05, 4.69) is 6.92 Å². The summed E-state index contributed by atoms with van der Waals surface area (Å²) in [5.41, 5.74) is 0.815. The van der Waals surface area contributed by atoms with Crippen LogP contribution in [0.3, 0.4) is 0 Å². The number of hydrogen-bond donors (Lipinski definition) is 0. The molecular weight excluding hydrogens is 302 g/mol. The first kappa shape index (κ1) is 16.8. The monoisotopic (exact) mass is 323 g/mol. The number of halogens is 1. The van der Waals surface area contributed by atoms with E-state index in [1.54, 1.807) is 24.1 Å². The van der Waals surface area contributed by atoms with Crippen molar-refractivity contribution in [2.45, 2.75) is 38.7 Å². The van der Waals surface area contributed by atoms with Gasteiger partial charge in [-0.15, -0.1) is 0 Å². The van der Waals surface area contributed by atoms with Gasteiger partial charge in [0.25, 0.3) is 0 Å². The summed E-state index contributed by atoms with van der Waals surface area (Å²) in [4.78, 5) is 26.0. The quantitative estimate of drug-likeness (QED) is 0.593. The van der Waals surface area contributed by atoms with Gasteiger partial charge in [0.2, 0.25) is 5.91 Å². The van der Waals surface area contributed by atoms with Crippen LogP contribution in [0.4, 0.5) is 0 Å². The fourth-order valence-corrected chi connectivity index (χ4v) is 2.85. The van der Waals surface area contributed by atoms with Gasteiger partial charge in [-0.25, -0.2) is 0 Å². The molecule has 1 aromatic carbocycles. The third-order valence-electron chi connectivity index (χ3n) is 4.00. The maximum Gasteiger partial charge on any atom is 0.307 e. The summed E-state index contributed by atoms with van der Waals surface area (Å²) in [6.45, 7) is 2.84. The predicted molar refractivity (Wildman–Crippen MR) is 85.6 cm³/mol. The first-order chi connectivity index (χ1) is 10.5. The lowest BCUT2D eigenvalue weighted by Gasteiger charge is -2.23. The Morgan fingerprint density at radius 3 is 2.64 bits per heavy atom. The highest BCUT2D eigenvalue weighted by Crippen LogP contribution is 2.36. The highest BCUT2D eigenvalue weighted by molar-refractivity contribution is 6.30. The molecule has 5 heteroatoms. The molecule has 1 aliphatic heterocycles. The molecule has 0 spiro atoms. The van der Waals surface area contributed by atoms with Crippen molar-refractivity contribution in [2.24, 2.45) is 5.92 Å². The number of rotatable bonds is 6. The number of nitrogens with zero attached hydrogens (tertiary/aromatic N) is 1. The number of benzene rings is 1. The number of hydrogen-bond acceptors (Lipinski definition) is 3. The lowest BCUT2D eigenvalue weighted by atomic mass is 9.94. The molecule has 2 rings (SSSR count). The molecule has 1 saturated heterocycles. The van der Waals surface area contributed by atoms with Crippen molar-refractivity contribution in [1.82, 2.24) is 4.90 Å². The summed E-state index contributed by atoms with van der Waals surface area (Å²) in [5, 5.41) is 0.618. The molecule has 0 bridgehead atoms. The van der Waals surface area contributed by atoms with E-state index in [4.69, 9.17) is 16.3 Å². The Labute approximate surface area is 136 Å². The SMILES string of the molecule is CCCCCN(C)C(=O)[C@@H]1CC(=O)O[C@H]1c1ccc(Cl)cc1. The van der Waals surface area contributed by atoms with Crippen LogP contribution in [-0.4, -0.2) is 30.4 Å². The molecule has 0 radical (unpaired) electrons. The molecule has 1 fully saturated rings. The van der Waals surface area contributed by atoms with Gasteiger partial charge >= 0.3 is 5.97 Å². The molecular formula is C17H22ClNO3. The number of amides is 1. The fourth-order valence-electron chi connectivity index (χ4n) is 2.72. The van der Waals surface area contributed by atoms with Gasteiger partial charge in [-0.05, 0) is 24.1 Å². The number of ether oxygens (including phenoxy) is 1. The third kappa shape index (κ3) is 4.01. The van der Waals surface area contributed by atoms with Crippen LogP contribution in [0.1, 0.15) is 44.3 Å². The summed E-state index contributed by atoms with van der Waals surface area (Å²) in [7, 11) is 1.79. The van der Waals surface area contributed by atoms with Crippen LogP contribution in [0.5, 0.6) is 0 Å². The van der Waals surface area contributed by atoms with Gasteiger partial charge in [-0.2, -0.15) is 0 Å². The Morgan fingerprint density at radius 1 is 1.32 bits per heavy atom. The molecule has 0 aromatic heterocycles. The molecule has 4 nitrogen and oxygen atoms in total. The minimum Gasteiger partial charge on any atom is -0.457 e. The van der Waals surface area contributed by atoms with E-state index >= 15 is 0 Å². The molecule has 2 atom stereocenters. The number of cyclic esters (lactones) is 1. The van der Waals surface area contributed by atoms with Crippen LogP contribution in [0, 0.1) is 5.92 Å². The van der Waals surface area contributed by atoms with Crippen molar-refractivity contribution in [3.8, 4) is 0 Å². The zero-order valence-corrected chi connectivity index (χ0v) is 13.8. The Kier molecular flexibility index (Phi) is 5.83. The predicted octanol–water partition coefficient (Wildman–Crippen LogP) is 3.59. The fraction of sp³-hybridized carbons (Fsp3) is 0.529. The zero-order chi connectivity index (χ0) is 16.1. The first-order valence-corrected chi connectivity index (χ1v) is 8.10. The van der Waals surface area contributed by atoms with E-state index in [1.165, 1.54) is 0 Å². The van der Waals surface area contributed by atoms with E-state index < -0.39 is 12.0 Å². The van der Waals surface area contributed by atoms with Crippen molar-refractivity contribution < 1.29 is 14.3 Å². The number of esters is 1. The van der Waals surface area contributed by atoms with E-state index in [-0.39, 0.29) is 18.3 Å². The Balaban J connectivity index is 2.08. The molecule has 1 aliphatic rings. The summed E-state index contributed by atoms with van der Waals surface area (Å²) in [5.74, 6) is -0.789. The Bertz CT molecular complexity index is 529. The van der Waals surface area contributed by atoms with E-state index in [0.717, 1.165) is 24.8 Å². The maximum atomic E-state index is 12.6. The standard InChI is InChI=1S/C17H22ClNO3/c1-3-4-5-10-19(2)17(21)14-11-15(20)22-16(14)12-6-8-13(18)9-7-12/h6-9,14,16H,3-5,10-11H2,1-2H3/t14-,16+/m1/s1. The minimum atomic E-state index is -0.508. The summed E-state index contributed by atoms with van der Waals surface area (Å²) in [6, 6.07) is 7.11. The average molecular weight is 324 g/mol. The largest absolute Gasteiger partial charge is 0.457 e. The van der Waals surface area contributed by atoms with Crippen molar-refractivity contribution in [3.05, 3.63) is 34.9 Å². The van der Waals surface area contributed by atoms with E-state index in [9.17, 15) is 9.59 Å². The molecule has 120 valence electrons. The van der Waals surface area contributed by atoms with Crippen molar-refractivity contribution in [3.63, 3.8) is 0 Å². The van der Waals surface area contributed by atoms with Crippen molar-refractivity contribution in [1.29, 1.82) is 0 Å². The molecule has 22 heavy (non-hydrogen) atoms. The lowest BCUT2D eigenvalue weighted by Crippen LogP contribution is -2.35. The summed E-state index contributed by atoms with van der Waals surface area (Å²) in [6.07, 6.45) is 2.82. The topological polar surface area (TPSA) is 46.6 Å². The summed E-state index contributed by atoms with van der Waals surface area (Å²) >= 11 is 5.88. The van der Waals surface area contributed by atoms with Gasteiger partial charge in [0.1, 0.15) is 6.10 Å². The number of carbonyl (C=O) groups excluding carboxylic acids is 2. The number of unbranched alkanes of at least 4 members (excludes halogenated alkanes) is 2. The Hall–Kier alpha value is -1.55. The van der Waals surface area contributed by atoms with Gasteiger partial charge in [-0.3, -0.25) is 9.59 Å². The van der Waals surface area contributed by atoms with Crippen molar-refractivity contribution in [2.75, 3.05) is 13.6 Å². The number of carbonyl (C=O) groups is 2. The molecule has 0 N–H and O–H groups in total. The molecule has 1 amide bonds. The van der Waals surface area contributed by atoms with Gasteiger partial charge in [0.05, 0.1) is 12.3 Å². The second-order valence-corrected chi connectivity index (χ2v) is 6.18. The van der Waals surface area contributed by atoms with Crippen LogP contribution in [-0.2, 0) is 14.3 Å². The second-order valence-electron chi connectivity index (χ2n) is 5.74. The molecule has 0 unspecified atom stereocenters. The van der Waals surface area contributed by atoms with Crippen molar-refractivity contribution >= 4 is 23.5 Å². The maximum absolute atomic E-state index is 12.6. The molecule has 1 heterocycles. The molecule has 0 saturated carbocycles. The van der Waals surface area contributed by atoms with Gasteiger partial charge < -0.3 is 9.64 Å². The zero-order valence-electron chi connectivity index (χ0n) is 13.0. The second kappa shape index (κ2) is 7.63. The van der Waals surface area contributed by atoms with Crippen LogP contribution in [0.15, 0.2) is 24.3 Å². The lowest BCUT2D eigenvalue weighted by molar-refractivity contribution is -0.142. The average Bonchev–Trinajstić information content (AvgIpc) is 2.89. The van der Waals surface area contributed by atoms with Gasteiger partial charge in [-0.1, -0.05) is 43.5 Å². The minimum absolute atomic E-state index is 0.0260. The highest BCUT2D eigenvalue weighted by atomic mass is 35.5.